The highest BCUT2D eigenvalue weighted by Gasteiger charge is 2.54. The Morgan fingerprint density at radius 3 is 2.19 bits per heavy atom. The molecule has 2 aromatic rings. The van der Waals surface area contributed by atoms with Gasteiger partial charge in [0.25, 0.3) is 0 Å². The number of nitrogens with zero attached hydrogens (tertiary/aromatic N) is 1. The van der Waals surface area contributed by atoms with Crippen LogP contribution in [0.25, 0.3) is 0 Å². The van der Waals surface area contributed by atoms with E-state index in [9.17, 15) is 22.7 Å². The van der Waals surface area contributed by atoms with E-state index >= 15 is 0 Å². The number of hydrogen-bond donors (Lipinski definition) is 1. The molecule has 1 aliphatic heterocycles. The Balaban J connectivity index is 1.85. The molecule has 1 unspecified atom stereocenters. The zero-order chi connectivity index (χ0) is 18.7. The van der Waals surface area contributed by atoms with Crippen molar-refractivity contribution < 1.29 is 27.4 Å². The predicted octanol–water partition coefficient (Wildman–Crippen LogP) is 3.85. The van der Waals surface area contributed by atoms with Crippen LogP contribution in [0.5, 0.6) is 0 Å². The van der Waals surface area contributed by atoms with Crippen LogP contribution < -0.4 is 0 Å². The van der Waals surface area contributed by atoms with Crippen molar-refractivity contribution in [2.24, 2.45) is 0 Å². The number of hydrogen-bond acceptors (Lipinski definition) is 3. The van der Waals surface area contributed by atoms with Crippen LogP contribution in [-0.4, -0.2) is 41.4 Å². The molecule has 3 rings (SSSR count). The lowest BCUT2D eigenvalue weighted by molar-refractivity contribution is -0.263. The van der Waals surface area contributed by atoms with Crippen LogP contribution in [-0.2, 0) is 11.2 Å². The van der Waals surface area contributed by atoms with Gasteiger partial charge in [0, 0.05) is 6.42 Å². The highest BCUT2D eigenvalue weighted by Crippen LogP contribution is 2.40. The lowest BCUT2D eigenvalue weighted by Gasteiger charge is -2.34. The molecule has 4 atom stereocenters. The minimum absolute atomic E-state index is 0.190. The number of halogens is 4. The van der Waals surface area contributed by atoms with E-state index in [1.807, 2.05) is 0 Å². The molecule has 1 aliphatic rings. The summed E-state index contributed by atoms with van der Waals surface area (Å²) >= 11 is 0. The van der Waals surface area contributed by atoms with E-state index in [-0.39, 0.29) is 13.0 Å². The van der Waals surface area contributed by atoms with Gasteiger partial charge in [-0.15, -0.1) is 0 Å². The van der Waals surface area contributed by atoms with E-state index < -0.39 is 30.8 Å². The number of benzene rings is 2. The number of rotatable bonds is 5. The molecular formula is C19H19F4NO2. The number of ether oxygens (including phenoxy) is 1. The summed E-state index contributed by atoms with van der Waals surface area (Å²) in [7, 11) is 0. The molecule has 7 heteroatoms. The van der Waals surface area contributed by atoms with Crippen molar-refractivity contribution in [1.29, 1.82) is 0 Å². The molecule has 0 radical (unpaired) electrons. The molecule has 26 heavy (non-hydrogen) atoms. The summed E-state index contributed by atoms with van der Waals surface area (Å²) in [4.78, 5) is 0.683. The van der Waals surface area contributed by atoms with Crippen LogP contribution in [0.3, 0.4) is 0 Å². The SMILES string of the molecule is OC([C@H](F)Cc1ccccc1)N1[C@H](C(F)(F)F)OC[C@H]1c1ccccc1. The average Bonchev–Trinajstić information content (AvgIpc) is 3.08. The molecule has 2 aromatic carbocycles. The third-order valence-electron chi connectivity index (χ3n) is 4.41. The molecule has 0 spiro atoms. The Hall–Kier alpha value is -1.96. The van der Waals surface area contributed by atoms with Gasteiger partial charge < -0.3 is 9.84 Å². The van der Waals surface area contributed by atoms with Gasteiger partial charge in [-0.3, -0.25) is 0 Å². The van der Waals surface area contributed by atoms with Gasteiger partial charge in [-0.2, -0.15) is 13.2 Å². The molecule has 1 heterocycles. The van der Waals surface area contributed by atoms with Crippen LogP contribution in [0.15, 0.2) is 60.7 Å². The summed E-state index contributed by atoms with van der Waals surface area (Å²) in [6.07, 6.45) is -11.1. The quantitative estimate of drug-likeness (QED) is 0.813. The summed E-state index contributed by atoms with van der Waals surface area (Å²) in [5.41, 5.74) is 1.13. The minimum atomic E-state index is -4.74. The zero-order valence-corrected chi connectivity index (χ0v) is 13.8. The summed E-state index contributed by atoms with van der Waals surface area (Å²) in [6, 6.07) is 16.0. The van der Waals surface area contributed by atoms with Crippen molar-refractivity contribution in [2.75, 3.05) is 6.61 Å². The fourth-order valence-corrected chi connectivity index (χ4v) is 3.18. The Morgan fingerprint density at radius 1 is 1.04 bits per heavy atom. The van der Waals surface area contributed by atoms with E-state index in [0.717, 1.165) is 0 Å². The summed E-state index contributed by atoms with van der Waals surface area (Å²) in [5.74, 6) is 0. The zero-order valence-electron chi connectivity index (χ0n) is 13.8. The monoisotopic (exact) mass is 369 g/mol. The second-order valence-electron chi connectivity index (χ2n) is 6.22. The first-order valence-corrected chi connectivity index (χ1v) is 8.24. The first-order chi connectivity index (χ1) is 12.4. The molecule has 140 valence electrons. The van der Waals surface area contributed by atoms with E-state index in [4.69, 9.17) is 4.74 Å². The molecule has 1 N–H and O–H groups in total. The van der Waals surface area contributed by atoms with Crippen molar-refractivity contribution in [3.63, 3.8) is 0 Å². The van der Waals surface area contributed by atoms with Crippen molar-refractivity contribution in [3.05, 3.63) is 71.8 Å². The van der Waals surface area contributed by atoms with Gasteiger partial charge in [0.15, 0.2) is 0 Å². The Labute approximate surface area is 148 Å². The van der Waals surface area contributed by atoms with Crippen LogP contribution >= 0.6 is 0 Å². The molecule has 3 nitrogen and oxygen atoms in total. The summed E-state index contributed by atoms with van der Waals surface area (Å²) < 4.78 is 59.6. The van der Waals surface area contributed by atoms with E-state index in [1.165, 1.54) is 0 Å². The highest BCUT2D eigenvalue weighted by molar-refractivity contribution is 5.21. The first-order valence-electron chi connectivity index (χ1n) is 8.24. The van der Waals surface area contributed by atoms with E-state index in [2.05, 4.69) is 0 Å². The molecular weight excluding hydrogens is 350 g/mol. The molecule has 0 aliphatic carbocycles. The fraction of sp³-hybridized carbons (Fsp3) is 0.368. The van der Waals surface area contributed by atoms with Crippen LogP contribution in [0.4, 0.5) is 17.6 Å². The van der Waals surface area contributed by atoms with Crippen molar-refractivity contribution in [3.8, 4) is 0 Å². The Morgan fingerprint density at radius 2 is 1.62 bits per heavy atom. The topological polar surface area (TPSA) is 32.7 Å². The van der Waals surface area contributed by atoms with Crippen molar-refractivity contribution in [1.82, 2.24) is 4.90 Å². The lowest BCUT2D eigenvalue weighted by Crippen LogP contribution is -2.52. The van der Waals surface area contributed by atoms with Crippen molar-refractivity contribution >= 4 is 0 Å². The first kappa shape index (κ1) is 18.8. The van der Waals surface area contributed by atoms with Gasteiger partial charge in [-0.25, -0.2) is 9.29 Å². The highest BCUT2D eigenvalue weighted by atomic mass is 19.4. The van der Waals surface area contributed by atoms with Crippen LogP contribution in [0.2, 0.25) is 0 Å². The van der Waals surface area contributed by atoms with Gasteiger partial charge in [-0.05, 0) is 11.1 Å². The molecule has 0 bridgehead atoms. The average molecular weight is 369 g/mol. The Bertz CT molecular complexity index is 696. The fourth-order valence-electron chi connectivity index (χ4n) is 3.18. The van der Waals surface area contributed by atoms with Gasteiger partial charge in [0.05, 0.1) is 12.6 Å². The van der Waals surface area contributed by atoms with E-state index in [0.29, 0.717) is 16.0 Å². The molecule has 0 amide bonds. The maximum absolute atomic E-state index is 14.7. The van der Waals surface area contributed by atoms with Gasteiger partial charge in [0.1, 0.15) is 12.4 Å². The third kappa shape index (κ3) is 4.06. The standard InChI is InChI=1S/C19H19F4NO2/c20-15(11-13-7-3-1-4-8-13)17(25)24-16(14-9-5-2-6-10-14)12-26-18(24)19(21,22)23/h1-10,15-18,25H,11-12H2/t15-,16+,17?,18+/m1/s1. The van der Waals surface area contributed by atoms with Crippen molar-refractivity contribution in [2.45, 2.75) is 37.3 Å². The van der Waals surface area contributed by atoms with Gasteiger partial charge >= 0.3 is 6.18 Å². The second kappa shape index (κ2) is 7.73. The third-order valence-corrected chi connectivity index (χ3v) is 4.41. The number of alkyl halides is 4. The van der Waals surface area contributed by atoms with Gasteiger partial charge in [-0.1, -0.05) is 60.7 Å². The van der Waals surface area contributed by atoms with E-state index in [1.54, 1.807) is 60.7 Å². The predicted molar refractivity (Wildman–Crippen MR) is 87.9 cm³/mol. The van der Waals surface area contributed by atoms with Gasteiger partial charge in [0.2, 0.25) is 6.23 Å². The maximum Gasteiger partial charge on any atom is 0.428 e. The molecule has 1 fully saturated rings. The van der Waals surface area contributed by atoms with Crippen LogP contribution in [0.1, 0.15) is 17.2 Å². The Kier molecular flexibility index (Phi) is 5.60. The van der Waals surface area contributed by atoms with Crippen LogP contribution in [0, 0.1) is 0 Å². The largest absolute Gasteiger partial charge is 0.428 e. The maximum atomic E-state index is 14.7. The molecule has 1 saturated heterocycles. The smallest absolute Gasteiger partial charge is 0.375 e. The summed E-state index contributed by atoms with van der Waals surface area (Å²) in [6.45, 7) is -0.274. The minimum Gasteiger partial charge on any atom is -0.375 e. The number of aliphatic hydroxyl groups is 1. The molecule has 0 saturated carbocycles. The summed E-state index contributed by atoms with van der Waals surface area (Å²) in [5, 5.41) is 10.4. The second-order valence-corrected chi connectivity index (χ2v) is 6.22. The molecule has 0 aromatic heterocycles. The number of aliphatic hydroxyl groups excluding tert-OH is 1. The normalized spacial score (nSPS) is 23.7. The lowest BCUT2D eigenvalue weighted by atomic mass is 10.0.